The molecule has 1 aliphatic rings. The van der Waals surface area contributed by atoms with Crippen LogP contribution in [0.25, 0.3) is 0 Å². The lowest BCUT2D eigenvalue weighted by molar-refractivity contribution is -0.135. The highest BCUT2D eigenvalue weighted by molar-refractivity contribution is 5.87. The highest BCUT2D eigenvalue weighted by atomic mass is 16.5. The quantitative estimate of drug-likeness (QED) is 0.518. The third-order valence-electron chi connectivity index (χ3n) is 2.77. The van der Waals surface area contributed by atoms with Crippen molar-refractivity contribution in [3.63, 3.8) is 0 Å². The van der Waals surface area contributed by atoms with Gasteiger partial charge in [0.1, 0.15) is 17.3 Å². The normalized spacial score (nSPS) is 14.1. The Kier molecular flexibility index (Phi) is 4.25. The first-order valence-electron chi connectivity index (χ1n) is 6.35. The summed E-state index contributed by atoms with van der Waals surface area (Å²) in [4.78, 5) is 11.4. The van der Waals surface area contributed by atoms with Crippen LogP contribution in [-0.2, 0) is 9.53 Å². The molecular formula is C16H17NO3. The first-order valence-corrected chi connectivity index (χ1v) is 6.35. The number of nitrogens with two attached hydrogens (primary N) is 1. The van der Waals surface area contributed by atoms with Crippen molar-refractivity contribution < 1.29 is 14.3 Å². The molecule has 0 fully saturated rings. The molecule has 0 unspecified atom stereocenters. The summed E-state index contributed by atoms with van der Waals surface area (Å²) < 4.78 is 10.9. The molecule has 20 heavy (non-hydrogen) atoms. The lowest BCUT2D eigenvalue weighted by Crippen LogP contribution is -2.08. The molecule has 0 bridgehead atoms. The van der Waals surface area contributed by atoms with Crippen molar-refractivity contribution in [3.05, 3.63) is 60.1 Å². The first kappa shape index (κ1) is 13.9. The van der Waals surface area contributed by atoms with Crippen LogP contribution in [0, 0.1) is 0 Å². The van der Waals surface area contributed by atoms with E-state index in [2.05, 4.69) is 6.58 Å². The number of nitrogen functional groups attached to an aromatic ring is 1. The molecule has 1 aromatic carbocycles. The van der Waals surface area contributed by atoms with E-state index in [9.17, 15) is 4.79 Å². The minimum atomic E-state index is -0.396. The molecule has 0 amide bonds. The van der Waals surface area contributed by atoms with E-state index in [1.54, 1.807) is 31.2 Å². The summed E-state index contributed by atoms with van der Waals surface area (Å²) in [5, 5.41) is 0. The van der Waals surface area contributed by atoms with E-state index in [0.29, 0.717) is 29.9 Å². The van der Waals surface area contributed by atoms with Crippen molar-refractivity contribution in [3.8, 4) is 5.75 Å². The summed E-state index contributed by atoms with van der Waals surface area (Å²) in [5.74, 6) is 1.79. The van der Waals surface area contributed by atoms with Crippen molar-refractivity contribution in [2.75, 3.05) is 5.73 Å². The second-order valence-corrected chi connectivity index (χ2v) is 4.61. The average Bonchev–Trinajstić information content (AvgIpc) is 2.43. The molecule has 4 nitrogen and oxygen atoms in total. The topological polar surface area (TPSA) is 61.5 Å². The standard InChI is InChI=1S/C16H17NO3/c1-11(2)16(18)20-15-9-7-14(8-10-15)19-13-5-3-12(17)4-6-13/h3-7,9H,1,8,10,17H2,2H3. The van der Waals surface area contributed by atoms with Gasteiger partial charge >= 0.3 is 5.97 Å². The Morgan fingerprint density at radius 3 is 2.30 bits per heavy atom. The van der Waals surface area contributed by atoms with Crippen LogP contribution in [0.4, 0.5) is 5.69 Å². The minimum Gasteiger partial charge on any atom is -0.462 e. The zero-order valence-electron chi connectivity index (χ0n) is 11.4. The Morgan fingerprint density at radius 2 is 1.75 bits per heavy atom. The molecule has 0 heterocycles. The zero-order chi connectivity index (χ0) is 14.5. The fraction of sp³-hybridized carbons (Fsp3) is 0.188. The maximum Gasteiger partial charge on any atom is 0.338 e. The Morgan fingerprint density at radius 1 is 1.15 bits per heavy atom. The van der Waals surface area contributed by atoms with Gasteiger partial charge in [0.2, 0.25) is 0 Å². The van der Waals surface area contributed by atoms with Crippen molar-refractivity contribution in [1.82, 2.24) is 0 Å². The number of rotatable bonds is 4. The van der Waals surface area contributed by atoms with Crippen molar-refractivity contribution in [1.29, 1.82) is 0 Å². The van der Waals surface area contributed by atoms with Crippen LogP contribution in [0.15, 0.2) is 60.1 Å². The van der Waals surface area contributed by atoms with E-state index >= 15 is 0 Å². The minimum absolute atomic E-state index is 0.388. The third-order valence-corrected chi connectivity index (χ3v) is 2.77. The van der Waals surface area contributed by atoms with Gasteiger partial charge in [0, 0.05) is 24.1 Å². The number of allylic oxidation sites excluding steroid dienone is 4. The van der Waals surface area contributed by atoms with E-state index in [-0.39, 0.29) is 0 Å². The molecule has 0 aliphatic heterocycles. The molecule has 1 aliphatic carbocycles. The number of ether oxygens (including phenoxy) is 2. The van der Waals surface area contributed by atoms with Gasteiger partial charge in [-0.05, 0) is 43.3 Å². The first-order chi connectivity index (χ1) is 9.54. The summed E-state index contributed by atoms with van der Waals surface area (Å²) >= 11 is 0. The number of carbonyl (C=O) groups is 1. The van der Waals surface area contributed by atoms with Crippen LogP contribution in [-0.4, -0.2) is 5.97 Å². The molecule has 0 spiro atoms. The maximum atomic E-state index is 11.4. The van der Waals surface area contributed by atoms with Crippen molar-refractivity contribution >= 4 is 11.7 Å². The van der Waals surface area contributed by atoms with Gasteiger partial charge in [-0.15, -0.1) is 0 Å². The van der Waals surface area contributed by atoms with E-state index < -0.39 is 5.97 Å². The number of esters is 1. The molecule has 1 aromatic rings. The molecule has 104 valence electrons. The van der Waals surface area contributed by atoms with Crippen LogP contribution in [0.1, 0.15) is 19.8 Å². The Balaban J connectivity index is 1.97. The fourth-order valence-electron chi connectivity index (χ4n) is 1.66. The van der Waals surface area contributed by atoms with E-state index in [1.807, 2.05) is 12.1 Å². The van der Waals surface area contributed by atoms with Gasteiger partial charge in [0.15, 0.2) is 0 Å². The average molecular weight is 271 g/mol. The molecule has 0 saturated carbocycles. The third kappa shape index (κ3) is 3.75. The lowest BCUT2D eigenvalue weighted by Gasteiger charge is -2.15. The van der Waals surface area contributed by atoms with Gasteiger partial charge in [0.05, 0.1) is 0 Å². The lowest BCUT2D eigenvalue weighted by atomic mass is 10.1. The predicted octanol–water partition coefficient (Wildman–Crippen LogP) is 3.33. The van der Waals surface area contributed by atoms with Crippen LogP contribution in [0.2, 0.25) is 0 Å². The number of carbonyl (C=O) groups excluding carboxylic acids is 1. The summed E-state index contributed by atoms with van der Waals surface area (Å²) in [6, 6.07) is 7.20. The van der Waals surface area contributed by atoms with E-state index in [0.717, 1.165) is 11.5 Å². The maximum absolute atomic E-state index is 11.4. The van der Waals surface area contributed by atoms with Crippen molar-refractivity contribution in [2.45, 2.75) is 19.8 Å². The molecular weight excluding hydrogens is 254 g/mol. The van der Waals surface area contributed by atoms with Gasteiger partial charge in [-0.2, -0.15) is 0 Å². The zero-order valence-corrected chi connectivity index (χ0v) is 11.4. The summed E-state index contributed by atoms with van der Waals surface area (Å²) in [6.45, 7) is 5.17. The van der Waals surface area contributed by atoms with Crippen LogP contribution in [0.5, 0.6) is 5.75 Å². The van der Waals surface area contributed by atoms with Crippen LogP contribution < -0.4 is 10.5 Å². The van der Waals surface area contributed by atoms with Gasteiger partial charge in [-0.25, -0.2) is 4.79 Å². The highest BCUT2D eigenvalue weighted by Crippen LogP contribution is 2.24. The molecule has 2 rings (SSSR count). The molecule has 2 N–H and O–H groups in total. The molecule has 0 aromatic heterocycles. The smallest absolute Gasteiger partial charge is 0.338 e. The van der Waals surface area contributed by atoms with Crippen LogP contribution in [0.3, 0.4) is 0 Å². The van der Waals surface area contributed by atoms with Crippen LogP contribution >= 0.6 is 0 Å². The highest BCUT2D eigenvalue weighted by Gasteiger charge is 2.13. The van der Waals surface area contributed by atoms with Gasteiger partial charge in [-0.3, -0.25) is 0 Å². The molecule has 0 radical (unpaired) electrons. The SMILES string of the molecule is C=C(C)C(=O)OC1=CC=C(Oc2ccc(N)cc2)CC1. The monoisotopic (exact) mass is 271 g/mol. The van der Waals surface area contributed by atoms with Crippen molar-refractivity contribution in [2.24, 2.45) is 0 Å². The number of anilines is 1. The van der Waals surface area contributed by atoms with Gasteiger partial charge < -0.3 is 15.2 Å². The Hall–Kier alpha value is -2.49. The second-order valence-electron chi connectivity index (χ2n) is 4.61. The van der Waals surface area contributed by atoms with E-state index in [1.165, 1.54) is 0 Å². The number of hydrogen-bond acceptors (Lipinski definition) is 4. The Bertz CT molecular complexity index is 582. The van der Waals surface area contributed by atoms with E-state index in [4.69, 9.17) is 15.2 Å². The molecule has 0 saturated heterocycles. The molecule has 0 atom stereocenters. The fourth-order valence-corrected chi connectivity index (χ4v) is 1.66. The number of hydrogen-bond donors (Lipinski definition) is 1. The van der Waals surface area contributed by atoms with Gasteiger partial charge in [-0.1, -0.05) is 6.58 Å². The number of benzene rings is 1. The Labute approximate surface area is 118 Å². The summed E-state index contributed by atoms with van der Waals surface area (Å²) in [5.41, 5.74) is 6.70. The predicted molar refractivity (Wildman–Crippen MR) is 77.8 cm³/mol. The van der Waals surface area contributed by atoms with Gasteiger partial charge in [0.25, 0.3) is 0 Å². The second kappa shape index (κ2) is 6.10. The summed E-state index contributed by atoms with van der Waals surface area (Å²) in [7, 11) is 0. The summed E-state index contributed by atoms with van der Waals surface area (Å²) in [6.07, 6.45) is 4.86. The largest absolute Gasteiger partial charge is 0.462 e. The molecule has 4 heteroatoms.